The van der Waals surface area contributed by atoms with Crippen molar-refractivity contribution < 1.29 is 4.79 Å². The summed E-state index contributed by atoms with van der Waals surface area (Å²) in [4.78, 5) is 19.1. The second kappa shape index (κ2) is 9.44. The highest BCUT2D eigenvalue weighted by atomic mass is 35.5. The van der Waals surface area contributed by atoms with Gasteiger partial charge in [-0.05, 0) is 36.6 Å². The van der Waals surface area contributed by atoms with Gasteiger partial charge in [-0.15, -0.1) is 10.2 Å². The molecule has 2 saturated heterocycles. The van der Waals surface area contributed by atoms with Gasteiger partial charge in [0.05, 0.1) is 6.42 Å². The van der Waals surface area contributed by atoms with Gasteiger partial charge in [0, 0.05) is 44.3 Å². The van der Waals surface area contributed by atoms with E-state index in [2.05, 4.69) is 32.1 Å². The lowest BCUT2D eigenvalue weighted by molar-refractivity contribution is -0.130. The number of rotatable bonds is 4. The molecule has 0 aliphatic carbocycles. The Kier molecular flexibility index (Phi) is 6.49. The molecule has 0 spiro atoms. The van der Waals surface area contributed by atoms with Crippen molar-refractivity contribution in [3.63, 3.8) is 0 Å². The Labute approximate surface area is 177 Å². The molecule has 0 atom stereocenters. The number of nitrogens with zero attached hydrogens (tertiary/aromatic N) is 5. The highest BCUT2D eigenvalue weighted by molar-refractivity contribution is 6.31. The fraction of sp³-hybridized carbons (Fsp3) is 0.500. The van der Waals surface area contributed by atoms with Crippen molar-refractivity contribution >= 4 is 29.1 Å². The molecular weight excluding hydrogens is 386 g/mol. The molecule has 2 aromatic rings. The molecule has 4 rings (SSSR count). The minimum Gasteiger partial charge on any atom is -0.355 e. The third-order valence-electron chi connectivity index (χ3n) is 5.82. The van der Waals surface area contributed by atoms with Crippen molar-refractivity contribution in [2.45, 2.75) is 32.1 Å². The third kappa shape index (κ3) is 4.99. The summed E-state index contributed by atoms with van der Waals surface area (Å²) in [6, 6.07) is 11.7. The summed E-state index contributed by atoms with van der Waals surface area (Å²) in [5.74, 6) is 1.99. The molecule has 1 aromatic heterocycles. The minimum atomic E-state index is 0.125. The number of benzene rings is 1. The van der Waals surface area contributed by atoms with Gasteiger partial charge < -0.3 is 14.7 Å². The van der Waals surface area contributed by atoms with Gasteiger partial charge in [0.15, 0.2) is 11.6 Å². The van der Waals surface area contributed by atoms with Crippen molar-refractivity contribution in [2.75, 3.05) is 49.1 Å². The number of hydrogen-bond donors (Lipinski definition) is 0. The summed E-state index contributed by atoms with van der Waals surface area (Å²) in [5, 5.41) is 9.60. The van der Waals surface area contributed by atoms with Crippen LogP contribution in [0, 0.1) is 0 Å². The molecule has 0 bridgehead atoms. The van der Waals surface area contributed by atoms with Crippen LogP contribution < -0.4 is 9.80 Å². The van der Waals surface area contributed by atoms with E-state index in [1.54, 1.807) is 0 Å². The highest BCUT2D eigenvalue weighted by Crippen LogP contribution is 2.21. The maximum Gasteiger partial charge on any atom is 0.227 e. The van der Waals surface area contributed by atoms with Crippen molar-refractivity contribution in [2.24, 2.45) is 0 Å². The average molecular weight is 414 g/mol. The molecular formula is C22H28ClN5O. The highest BCUT2D eigenvalue weighted by Gasteiger charge is 2.23. The molecule has 0 unspecified atom stereocenters. The molecule has 154 valence electrons. The quantitative estimate of drug-likeness (QED) is 0.768. The number of amides is 1. The molecule has 0 N–H and O–H groups in total. The Bertz CT molecular complexity index is 812. The van der Waals surface area contributed by atoms with E-state index in [1.165, 1.54) is 25.7 Å². The fourth-order valence-corrected chi connectivity index (χ4v) is 4.26. The van der Waals surface area contributed by atoms with Gasteiger partial charge in [-0.25, -0.2) is 0 Å². The van der Waals surface area contributed by atoms with E-state index >= 15 is 0 Å². The second-order valence-corrected chi connectivity index (χ2v) is 8.19. The van der Waals surface area contributed by atoms with Crippen LogP contribution in [0.3, 0.4) is 0 Å². The SMILES string of the molecule is O=C(Cc1ccccc1Cl)N1CCN(c2ccc(N3CCCCCC3)nn2)CC1. The van der Waals surface area contributed by atoms with Crippen molar-refractivity contribution in [1.29, 1.82) is 0 Å². The first-order chi connectivity index (χ1) is 14.2. The van der Waals surface area contributed by atoms with E-state index in [0.29, 0.717) is 24.5 Å². The number of piperazine rings is 1. The molecule has 0 saturated carbocycles. The predicted molar refractivity (Wildman–Crippen MR) is 117 cm³/mol. The van der Waals surface area contributed by atoms with E-state index in [-0.39, 0.29) is 5.91 Å². The lowest BCUT2D eigenvalue weighted by atomic mass is 10.1. The molecule has 2 aliphatic rings. The van der Waals surface area contributed by atoms with Crippen LogP contribution in [-0.4, -0.2) is 60.3 Å². The number of carbonyl (C=O) groups excluding carboxylic acids is 1. The molecule has 1 aromatic carbocycles. The molecule has 1 amide bonds. The number of carbonyl (C=O) groups is 1. The van der Waals surface area contributed by atoms with Gasteiger partial charge in [0.2, 0.25) is 5.91 Å². The Balaban J connectivity index is 1.31. The van der Waals surface area contributed by atoms with E-state index in [0.717, 1.165) is 43.4 Å². The lowest BCUT2D eigenvalue weighted by Crippen LogP contribution is -2.49. The van der Waals surface area contributed by atoms with E-state index in [4.69, 9.17) is 11.6 Å². The molecule has 6 nitrogen and oxygen atoms in total. The Morgan fingerprint density at radius 3 is 1.97 bits per heavy atom. The molecule has 2 aliphatic heterocycles. The van der Waals surface area contributed by atoms with Gasteiger partial charge in [-0.3, -0.25) is 4.79 Å². The summed E-state index contributed by atoms with van der Waals surface area (Å²) in [6.45, 7) is 5.07. The smallest absolute Gasteiger partial charge is 0.227 e. The Morgan fingerprint density at radius 1 is 0.793 bits per heavy atom. The Morgan fingerprint density at radius 2 is 1.38 bits per heavy atom. The normalized spacial score (nSPS) is 17.9. The minimum absolute atomic E-state index is 0.125. The Hall–Kier alpha value is -2.34. The maximum atomic E-state index is 12.6. The molecule has 2 fully saturated rings. The van der Waals surface area contributed by atoms with Crippen LogP contribution in [0.5, 0.6) is 0 Å². The van der Waals surface area contributed by atoms with E-state index in [9.17, 15) is 4.79 Å². The predicted octanol–water partition coefficient (Wildman–Crippen LogP) is 3.40. The topological polar surface area (TPSA) is 52.6 Å². The summed E-state index contributed by atoms with van der Waals surface area (Å²) >= 11 is 6.19. The first-order valence-corrected chi connectivity index (χ1v) is 10.9. The molecule has 0 radical (unpaired) electrons. The van der Waals surface area contributed by atoms with Crippen molar-refractivity contribution in [3.05, 3.63) is 47.0 Å². The number of halogens is 1. The van der Waals surface area contributed by atoms with Crippen LogP contribution in [-0.2, 0) is 11.2 Å². The van der Waals surface area contributed by atoms with Crippen LogP contribution in [0.1, 0.15) is 31.2 Å². The first-order valence-electron chi connectivity index (χ1n) is 10.6. The van der Waals surface area contributed by atoms with Gasteiger partial charge in [0.25, 0.3) is 0 Å². The van der Waals surface area contributed by atoms with Gasteiger partial charge in [-0.2, -0.15) is 0 Å². The number of aromatic nitrogens is 2. The van der Waals surface area contributed by atoms with Gasteiger partial charge >= 0.3 is 0 Å². The average Bonchev–Trinajstić information content (AvgIpc) is 3.05. The zero-order chi connectivity index (χ0) is 20.1. The monoisotopic (exact) mass is 413 g/mol. The first kappa shape index (κ1) is 20.0. The van der Waals surface area contributed by atoms with Crippen LogP contribution in [0.15, 0.2) is 36.4 Å². The van der Waals surface area contributed by atoms with Crippen molar-refractivity contribution in [1.82, 2.24) is 15.1 Å². The summed E-state index contributed by atoms with van der Waals surface area (Å²) < 4.78 is 0. The van der Waals surface area contributed by atoms with Crippen LogP contribution in [0.2, 0.25) is 5.02 Å². The van der Waals surface area contributed by atoms with Gasteiger partial charge in [-0.1, -0.05) is 42.6 Å². The van der Waals surface area contributed by atoms with Gasteiger partial charge in [0.1, 0.15) is 0 Å². The van der Waals surface area contributed by atoms with Crippen LogP contribution in [0.25, 0.3) is 0 Å². The zero-order valence-electron chi connectivity index (χ0n) is 16.8. The number of hydrogen-bond acceptors (Lipinski definition) is 5. The summed E-state index contributed by atoms with van der Waals surface area (Å²) in [6.07, 6.45) is 5.42. The van der Waals surface area contributed by atoms with Crippen LogP contribution in [0.4, 0.5) is 11.6 Å². The number of anilines is 2. The third-order valence-corrected chi connectivity index (χ3v) is 6.19. The molecule has 29 heavy (non-hydrogen) atoms. The largest absolute Gasteiger partial charge is 0.355 e. The van der Waals surface area contributed by atoms with E-state index < -0.39 is 0 Å². The summed E-state index contributed by atoms with van der Waals surface area (Å²) in [7, 11) is 0. The standard InChI is InChI=1S/C22H28ClN5O/c23-19-8-4-3-7-18(19)17-22(29)28-15-13-27(14-16-28)21-10-9-20(24-25-21)26-11-5-1-2-6-12-26/h3-4,7-10H,1-2,5-6,11-17H2. The van der Waals surface area contributed by atoms with Crippen molar-refractivity contribution in [3.8, 4) is 0 Å². The molecule has 3 heterocycles. The fourth-order valence-electron chi connectivity index (χ4n) is 4.06. The summed E-state index contributed by atoms with van der Waals surface area (Å²) in [5.41, 5.74) is 0.886. The van der Waals surface area contributed by atoms with Crippen LogP contribution >= 0.6 is 11.6 Å². The molecule has 7 heteroatoms. The lowest BCUT2D eigenvalue weighted by Gasteiger charge is -2.35. The van der Waals surface area contributed by atoms with E-state index in [1.807, 2.05) is 29.2 Å². The zero-order valence-corrected chi connectivity index (χ0v) is 17.5. The maximum absolute atomic E-state index is 12.6. The second-order valence-electron chi connectivity index (χ2n) is 7.79.